The Morgan fingerprint density at radius 2 is 2.11 bits per heavy atom. The fourth-order valence-corrected chi connectivity index (χ4v) is 3.70. The highest BCUT2D eigenvalue weighted by Gasteiger charge is 2.34. The normalized spacial score (nSPS) is 20.1. The molecule has 1 atom stereocenters. The summed E-state index contributed by atoms with van der Waals surface area (Å²) in [4.78, 5) is 13.2. The van der Waals surface area contributed by atoms with Crippen molar-refractivity contribution in [3.05, 3.63) is 29.0 Å². The van der Waals surface area contributed by atoms with Crippen molar-refractivity contribution < 1.29 is 17.6 Å². The lowest BCUT2D eigenvalue weighted by Gasteiger charge is -2.18. The molecule has 19 heavy (non-hydrogen) atoms. The fourth-order valence-electron chi connectivity index (χ4n) is 2.11. The summed E-state index contributed by atoms with van der Waals surface area (Å²) in [6, 6.07) is 3.70. The topological polar surface area (TPSA) is 54.5 Å². The first-order valence-corrected chi connectivity index (χ1v) is 8.29. The summed E-state index contributed by atoms with van der Waals surface area (Å²) >= 11 is 5.88. The Bertz CT molecular complexity index is 620. The van der Waals surface area contributed by atoms with Crippen LogP contribution in [0.2, 0.25) is 5.02 Å². The Morgan fingerprint density at radius 3 is 2.68 bits per heavy atom. The molecule has 8 heteroatoms. The minimum Gasteiger partial charge on any atom is -0.311 e. The first-order chi connectivity index (χ1) is 8.76. The summed E-state index contributed by atoms with van der Waals surface area (Å²) in [5.41, 5.74) is 0.377. The lowest BCUT2D eigenvalue weighted by atomic mass is 10.1. The van der Waals surface area contributed by atoms with Crippen molar-refractivity contribution in [3.8, 4) is 0 Å². The Kier molecular flexibility index (Phi) is 4.03. The summed E-state index contributed by atoms with van der Waals surface area (Å²) in [6.07, 6.45) is 0.0830. The maximum Gasteiger partial charge on any atom is 0.232 e. The van der Waals surface area contributed by atoms with E-state index in [4.69, 9.17) is 22.3 Å². The summed E-state index contributed by atoms with van der Waals surface area (Å²) in [6.45, 7) is 0.204. The van der Waals surface area contributed by atoms with Crippen molar-refractivity contribution in [1.82, 2.24) is 0 Å². The van der Waals surface area contributed by atoms with Crippen LogP contribution >= 0.6 is 22.3 Å². The van der Waals surface area contributed by atoms with Crippen LogP contribution in [-0.2, 0) is 13.8 Å². The lowest BCUT2D eigenvalue weighted by Crippen LogP contribution is -2.25. The van der Waals surface area contributed by atoms with Gasteiger partial charge in [0.1, 0.15) is 5.82 Å². The van der Waals surface area contributed by atoms with Crippen LogP contribution in [0.15, 0.2) is 18.2 Å². The third-order valence-corrected chi connectivity index (χ3v) is 4.39. The monoisotopic (exact) mass is 325 g/mol. The second-order valence-corrected chi connectivity index (χ2v) is 7.60. The smallest absolute Gasteiger partial charge is 0.232 e. The first kappa shape index (κ1) is 14.6. The molecular weight excluding hydrogens is 316 g/mol. The van der Waals surface area contributed by atoms with Gasteiger partial charge in [0.25, 0.3) is 0 Å². The maximum atomic E-state index is 12.9. The number of benzene rings is 1. The SMILES string of the molecule is O=C1CC(CS(=O)(=O)Cl)CN1c1ccc(F)cc1Cl. The van der Waals surface area contributed by atoms with E-state index in [2.05, 4.69) is 0 Å². The minimum absolute atomic E-state index is 0.0830. The molecule has 104 valence electrons. The largest absolute Gasteiger partial charge is 0.311 e. The van der Waals surface area contributed by atoms with E-state index in [-0.39, 0.29) is 35.6 Å². The number of hydrogen-bond acceptors (Lipinski definition) is 3. The highest BCUT2D eigenvalue weighted by molar-refractivity contribution is 8.13. The number of amides is 1. The first-order valence-electron chi connectivity index (χ1n) is 5.44. The molecule has 1 fully saturated rings. The van der Waals surface area contributed by atoms with E-state index in [0.29, 0.717) is 5.69 Å². The van der Waals surface area contributed by atoms with E-state index in [0.717, 1.165) is 6.07 Å². The van der Waals surface area contributed by atoms with Crippen molar-refractivity contribution in [2.45, 2.75) is 6.42 Å². The molecule has 0 radical (unpaired) electrons. The molecule has 0 saturated carbocycles. The van der Waals surface area contributed by atoms with Gasteiger partial charge in [-0.25, -0.2) is 12.8 Å². The van der Waals surface area contributed by atoms with Gasteiger partial charge in [-0.1, -0.05) is 11.6 Å². The van der Waals surface area contributed by atoms with Gasteiger partial charge in [0.2, 0.25) is 15.0 Å². The molecular formula is C11H10Cl2FNO3S. The summed E-state index contributed by atoms with van der Waals surface area (Å²) < 4.78 is 35.0. The van der Waals surface area contributed by atoms with Gasteiger partial charge < -0.3 is 4.90 Å². The third-order valence-electron chi connectivity index (χ3n) is 2.84. The second kappa shape index (κ2) is 5.26. The van der Waals surface area contributed by atoms with Crippen molar-refractivity contribution >= 4 is 42.9 Å². The van der Waals surface area contributed by atoms with Gasteiger partial charge in [0.15, 0.2) is 0 Å². The quantitative estimate of drug-likeness (QED) is 0.802. The zero-order valence-corrected chi connectivity index (χ0v) is 12.0. The van der Waals surface area contributed by atoms with E-state index >= 15 is 0 Å². The number of carbonyl (C=O) groups is 1. The zero-order valence-electron chi connectivity index (χ0n) is 9.64. The molecule has 1 heterocycles. The highest BCUT2D eigenvalue weighted by Crippen LogP contribution is 2.32. The molecule has 1 unspecified atom stereocenters. The third kappa shape index (κ3) is 3.58. The number of rotatable bonds is 3. The van der Waals surface area contributed by atoms with Gasteiger partial charge in [-0.3, -0.25) is 4.79 Å². The molecule has 0 N–H and O–H groups in total. The summed E-state index contributed by atoms with van der Waals surface area (Å²) in [7, 11) is 1.52. The number of nitrogens with zero attached hydrogens (tertiary/aromatic N) is 1. The average molecular weight is 326 g/mol. The van der Waals surface area contributed by atoms with Gasteiger partial charge in [-0.05, 0) is 18.2 Å². The Labute approximate surface area is 119 Å². The molecule has 0 aromatic heterocycles. The number of anilines is 1. The van der Waals surface area contributed by atoms with Gasteiger partial charge in [-0.15, -0.1) is 0 Å². The van der Waals surface area contributed by atoms with Gasteiger partial charge in [0, 0.05) is 29.6 Å². The van der Waals surface area contributed by atoms with E-state index in [1.165, 1.54) is 17.0 Å². The van der Waals surface area contributed by atoms with Crippen LogP contribution in [0, 0.1) is 11.7 Å². The molecule has 1 saturated heterocycles. The van der Waals surface area contributed by atoms with E-state index < -0.39 is 14.9 Å². The second-order valence-electron chi connectivity index (χ2n) is 4.38. The van der Waals surface area contributed by atoms with Crippen LogP contribution in [0.5, 0.6) is 0 Å². The Morgan fingerprint density at radius 1 is 1.42 bits per heavy atom. The van der Waals surface area contributed by atoms with Crippen molar-refractivity contribution in [1.29, 1.82) is 0 Å². The molecule has 1 aliphatic heterocycles. The maximum absolute atomic E-state index is 12.9. The predicted molar refractivity (Wildman–Crippen MR) is 71.5 cm³/mol. The van der Waals surface area contributed by atoms with Gasteiger partial charge in [0.05, 0.1) is 16.5 Å². The van der Waals surface area contributed by atoms with Crippen LogP contribution in [0.1, 0.15) is 6.42 Å². The molecule has 1 amide bonds. The zero-order chi connectivity index (χ0) is 14.2. The standard InChI is InChI=1S/C11H10Cl2FNO3S/c12-9-4-8(14)1-2-10(9)15-5-7(3-11(15)16)6-19(13,17)18/h1-2,4,7H,3,5-6H2. The molecule has 1 aromatic rings. The van der Waals surface area contributed by atoms with Crippen LogP contribution in [0.4, 0.5) is 10.1 Å². The molecule has 1 aliphatic rings. The fraction of sp³-hybridized carbons (Fsp3) is 0.364. The number of halogens is 3. The van der Waals surface area contributed by atoms with Crippen molar-refractivity contribution in [3.63, 3.8) is 0 Å². The van der Waals surface area contributed by atoms with Crippen molar-refractivity contribution in [2.24, 2.45) is 5.92 Å². The Balaban J connectivity index is 2.20. The number of carbonyl (C=O) groups excluding carboxylic acids is 1. The molecule has 0 spiro atoms. The molecule has 2 rings (SSSR count). The van der Waals surface area contributed by atoms with Crippen molar-refractivity contribution in [2.75, 3.05) is 17.2 Å². The Hall–Kier alpha value is -0.850. The van der Waals surface area contributed by atoms with Crippen LogP contribution in [-0.4, -0.2) is 26.6 Å². The highest BCUT2D eigenvalue weighted by atomic mass is 35.7. The van der Waals surface area contributed by atoms with E-state index in [1.54, 1.807) is 0 Å². The molecule has 0 aliphatic carbocycles. The van der Waals surface area contributed by atoms with Gasteiger partial charge in [-0.2, -0.15) is 0 Å². The van der Waals surface area contributed by atoms with Crippen LogP contribution < -0.4 is 4.90 Å². The van der Waals surface area contributed by atoms with E-state index in [9.17, 15) is 17.6 Å². The van der Waals surface area contributed by atoms with Gasteiger partial charge >= 0.3 is 0 Å². The molecule has 1 aromatic carbocycles. The minimum atomic E-state index is -3.65. The lowest BCUT2D eigenvalue weighted by molar-refractivity contribution is -0.117. The summed E-state index contributed by atoms with van der Waals surface area (Å²) in [5.74, 6) is -1.40. The predicted octanol–water partition coefficient (Wildman–Crippen LogP) is 2.40. The molecule has 4 nitrogen and oxygen atoms in total. The molecule has 0 bridgehead atoms. The van der Waals surface area contributed by atoms with Crippen LogP contribution in [0.3, 0.4) is 0 Å². The number of hydrogen-bond donors (Lipinski definition) is 0. The summed E-state index contributed by atoms with van der Waals surface area (Å²) in [5, 5.41) is 0.114. The van der Waals surface area contributed by atoms with E-state index in [1.807, 2.05) is 0 Å². The average Bonchev–Trinajstić information content (AvgIpc) is 2.56. The van der Waals surface area contributed by atoms with Crippen LogP contribution in [0.25, 0.3) is 0 Å².